The van der Waals surface area contributed by atoms with Crippen LogP contribution in [0.5, 0.6) is 0 Å². The van der Waals surface area contributed by atoms with Gasteiger partial charge in [-0.25, -0.2) is 0 Å². The Labute approximate surface area is 115 Å². The summed E-state index contributed by atoms with van der Waals surface area (Å²) in [4.78, 5) is 37.9. The molecule has 6 nitrogen and oxygen atoms in total. The van der Waals surface area contributed by atoms with Crippen LogP contribution in [-0.2, 0) is 9.13 Å². The summed E-state index contributed by atoms with van der Waals surface area (Å²) in [6, 6.07) is 0. The van der Waals surface area contributed by atoms with Crippen LogP contribution in [0, 0.1) is 0 Å². The maximum absolute atomic E-state index is 9.47. The maximum Gasteiger partial charge on any atom is 2.00 e. The average Bonchev–Trinajstić information content (AvgIpc) is 1.86. The van der Waals surface area contributed by atoms with E-state index in [1.54, 1.807) is 0 Å². The van der Waals surface area contributed by atoms with Gasteiger partial charge >= 0.3 is 46.1 Å². The van der Waals surface area contributed by atoms with E-state index in [0.29, 0.717) is 0 Å². The van der Waals surface area contributed by atoms with E-state index in [9.17, 15) is 28.7 Å². The molecule has 14 heavy (non-hydrogen) atoms. The van der Waals surface area contributed by atoms with Crippen molar-refractivity contribution in [2.75, 3.05) is 12.3 Å². The van der Waals surface area contributed by atoms with Gasteiger partial charge in [-0.05, 0) is 12.3 Å². The first-order valence-electron chi connectivity index (χ1n) is 3.14. The fraction of sp³-hybridized carbons (Fsp3) is 1.00. The third kappa shape index (κ3) is 37.1. The Balaban J connectivity index is -0.0000000625. The first-order chi connectivity index (χ1) is 5.12. The monoisotopic (exact) mass is 264 g/mol. The minimum atomic E-state index is -4.15. The molecule has 0 atom stereocenters. The fourth-order valence-corrected chi connectivity index (χ4v) is 0. The van der Waals surface area contributed by atoms with Crippen molar-refractivity contribution < 1.29 is 28.7 Å². The molecule has 0 aromatic carbocycles. The molecule has 76 valence electrons. The molecule has 0 saturated heterocycles. The molecule has 0 amide bonds. The predicted molar refractivity (Wildman–Crippen MR) is 47.8 cm³/mol. The van der Waals surface area contributed by atoms with Gasteiger partial charge in [0.2, 0.25) is 0 Å². The summed E-state index contributed by atoms with van der Waals surface area (Å²) in [7, 11) is -8.29. The summed E-state index contributed by atoms with van der Waals surface area (Å²) in [6.07, 6.45) is -0.569. The molecule has 0 bridgehead atoms. The van der Waals surface area contributed by atoms with Crippen LogP contribution >= 0.6 is 15.2 Å². The molecule has 0 aromatic heterocycles. The van der Waals surface area contributed by atoms with E-state index < -0.39 is 15.2 Å². The summed E-state index contributed by atoms with van der Waals surface area (Å²) in [6.45, 7) is 2.64. The maximum atomic E-state index is 9.47. The minimum Gasteiger partial charge on any atom is -0.811 e. The predicted octanol–water partition coefficient (Wildman–Crippen LogP) is -2.92. The SMILES string of the molecule is CCP(=O)([O-])[O-].CCP(=O)([O-])[O-].[Mg+2].[Mg+2]. The van der Waals surface area contributed by atoms with Crippen molar-refractivity contribution in [3.05, 3.63) is 0 Å². The van der Waals surface area contributed by atoms with Crippen molar-refractivity contribution in [2.24, 2.45) is 0 Å². The van der Waals surface area contributed by atoms with Crippen molar-refractivity contribution >= 4 is 61.3 Å². The third-order valence-corrected chi connectivity index (χ3v) is 2.32. The van der Waals surface area contributed by atoms with Gasteiger partial charge in [-0.3, -0.25) is 0 Å². The molecule has 0 rings (SSSR count). The molecule has 0 saturated carbocycles. The van der Waals surface area contributed by atoms with E-state index in [2.05, 4.69) is 0 Å². The molecule has 0 unspecified atom stereocenters. The summed E-state index contributed by atoms with van der Waals surface area (Å²) < 4.78 is 18.9. The molecule has 0 aliphatic rings. The van der Waals surface area contributed by atoms with Crippen molar-refractivity contribution in [2.45, 2.75) is 13.8 Å². The van der Waals surface area contributed by atoms with Gasteiger partial charge < -0.3 is 28.7 Å². The Kier molecular flexibility index (Phi) is 20.1. The minimum absolute atomic E-state index is 0. The Morgan fingerprint density at radius 1 is 0.786 bits per heavy atom. The molecular weight excluding hydrogens is 255 g/mol. The molecule has 0 aliphatic heterocycles. The van der Waals surface area contributed by atoms with E-state index >= 15 is 0 Å². The van der Waals surface area contributed by atoms with Crippen LogP contribution in [-0.4, -0.2) is 58.4 Å². The topological polar surface area (TPSA) is 126 Å². The van der Waals surface area contributed by atoms with Gasteiger partial charge in [-0.1, -0.05) is 29.0 Å². The Morgan fingerprint density at radius 2 is 0.857 bits per heavy atom. The second-order valence-corrected chi connectivity index (χ2v) is 5.56. The zero-order valence-corrected chi connectivity index (χ0v) is 12.8. The molecule has 0 radical (unpaired) electrons. The van der Waals surface area contributed by atoms with Crippen LogP contribution in [0.4, 0.5) is 0 Å². The van der Waals surface area contributed by atoms with Crippen LogP contribution < -0.4 is 19.6 Å². The van der Waals surface area contributed by atoms with Gasteiger partial charge in [0, 0.05) is 0 Å². The molecule has 0 aromatic rings. The van der Waals surface area contributed by atoms with Gasteiger partial charge in [-0.15, -0.1) is 0 Å². The molecule has 0 aliphatic carbocycles. The van der Waals surface area contributed by atoms with Crippen LogP contribution in [0.1, 0.15) is 13.8 Å². The van der Waals surface area contributed by atoms with Crippen LogP contribution in [0.25, 0.3) is 0 Å². The molecule has 0 spiro atoms. The van der Waals surface area contributed by atoms with Crippen LogP contribution in [0.2, 0.25) is 0 Å². The standard InChI is InChI=1S/2C2H7O3P.2Mg/c2*1-2-6(3,4)5;;/h2*2H2,1H3,(H2,3,4,5);;/q;;2*+2/p-4. The number of hydrogen-bond donors (Lipinski definition) is 0. The van der Waals surface area contributed by atoms with Crippen molar-refractivity contribution in [1.82, 2.24) is 0 Å². The largest absolute Gasteiger partial charge is 2.00 e. The van der Waals surface area contributed by atoms with Gasteiger partial charge in [0.15, 0.2) is 0 Å². The third-order valence-electron chi connectivity index (χ3n) is 0.775. The number of rotatable bonds is 2. The van der Waals surface area contributed by atoms with Gasteiger partial charge in [0.25, 0.3) is 0 Å². The molecule has 0 heterocycles. The zero-order chi connectivity index (χ0) is 10.4. The Morgan fingerprint density at radius 3 is 0.857 bits per heavy atom. The second-order valence-electron chi connectivity index (χ2n) is 1.85. The van der Waals surface area contributed by atoms with Gasteiger partial charge in [-0.2, -0.15) is 0 Å². The van der Waals surface area contributed by atoms with E-state index in [1.807, 2.05) is 0 Å². The Hall–Kier alpha value is 1.83. The fourth-order valence-electron chi connectivity index (χ4n) is 0. The summed E-state index contributed by atoms with van der Waals surface area (Å²) in [5.74, 6) is 0. The molecule has 0 N–H and O–H groups in total. The Bertz CT molecular complexity index is 176. The molecule has 0 fully saturated rings. The van der Waals surface area contributed by atoms with Crippen molar-refractivity contribution in [3.63, 3.8) is 0 Å². The summed E-state index contributed by atoms with van der Waals surface area (Å²) in [5.41, 5.74) is 0. The van der Waals surface area contributed by atoms with Crippen LogP contribution in [0.3, 0.4) is 0 Å². The summed E-state index contributed by atoms with van der Waals surface area (Å²) in [5, 5.41) is 0. The van der Waals surface area contributed by atoms with Crippen molar-refractivity contribution in [1.29, 1.82) is 0 Å². The average molecular weight is 265 g/mol. The van der Waals surface area contributed by atoms with Crippen LogP contribution in [0.15, 0.2) is 0 Å². The van der Waals surface area contributed by atoms with Crippen molar-refractivity contribution in [3.8, 4) is 0 Å². The number of hydrogen-bond acceptors (Lipinski definition) is 6. The van der Waals surface area contributed by atoms with E-state index in [4.69, 9.17) is 0 Å². The first kappa shape index (κ1) is 24.9. The first-order valence-corrected chi connectivity index (χ1v) is 6.60. The zero-order valence-electron chi connectivity index (χ0n) is 8.17. The molecule has 10 heteroatoms. The van der Waals surface area contributed by atoms with Gasteiger partial charge in [0.05, 0.1) is 0 Å². The van der Waals surface area contributed by atoms with E-state index in [-0.39, 0.29) is 58.4 Å². The second kappa shape index (κ2) is 11.3. The van der Waals surface area contributed by atoms with Gasteiger partial charge in [0.1, 0.15) is 0 Å². The quantitative estimate of drug-likeness (QED) is 0.388. The summed E-state index contributed by atoms with van der Waals surface area (Å²) >= 11 is 0. The van der Waals surface area contributed by atoms with E-state index in [0.717, 1.165) is 0 Å². The molecular formula is C4H10Mg2O6P2. The smallest absolute Gasteiger partial charge is 0.811 e. The normalized spacial score (nSPS) is 10.1. The van der Waals surface area contributed by atoms with E-state index in [1.165, 1.54) is 13.8 Å².